The highest BCUT2D eigenvalue weighted by Gasteiger charge is 2.36. The van der Waals surface area contributed by atoms with Crippen molar-refractivity contribution in [3.63, 3.8) is 0 Å². The third kappa shape index (κ3) is 4.22. The summed E-state index contributed by atoms with van der Waals surface area (Å²) in [4.78, 5) is 26.7. The molecule has 0 aliphatic carbocycles. The number of carbonyl (C=O) groups is 2. The van der Waals surface area contributed by atoms with Crippen LogP contribution in [0.3, 0.4) is 0 Å². The van der Waals surface area contributed by atoms with Gasteiger partial charge in [-0.05, 0) is 44.0 Å². The fraction of sp³-hybridized carbons (Fsp3) is 0.435. The third-order valence-electron chi connectivity index (χ3n) is 5.24. The van der Waals surface area contributed by atoms with Crippen LogP contribution in [0.4, 0.5) is 10.5 Å². The van der Waals surface area contributed by atoms with E-state index in [1.165, 1.54) is 13.3 Å². The Morgan fingerprint density at radius 3 is 2.52 bits per heavy atom. The van der Waals surface area contributed by atoms with E-state index in [4.69, 9.17) is 15.2 Å². The summed E-state index contributed by atoms with van der Waals surface area (Å²) in [5.74, 6) is -0.632. The molecule has 0 fully saturated rings. The number of hydrogen-bond donors (Lipinski definition) is 1. The summed E-state index contributed by atoms with van der Waals surface area (Å²) in [6, 6.07) is 7.76. The predicted octanol–water partition coefficient (Wildman–Crippen LogP) is 3.75. The number of nitrogens with two attached hydrogens (primary N) is 1. The number of anilines is 1. The van der Waals surface area contributed by atoms with Crippen molar-refractivity contribution < 1.29 is 19.1 Å². The van der Waals surface area contributed by atoms with Crippen LogP contribution < -0.4 is 5.73 Å². The van der Waals surface area contributed by atoms with Crippen molar-refractivity contribution in [3.8, 4) is 11.8 Å². The molecule has 31 heavy (non-hydrogen) atoms. The first kappa shape index (κ1) is 22.2. The molecule has 0 bridgehead atoms. The molecule has 8 heteroatoms. The van der Waals surface area contributed by atoms with E-state index in [2.05, 4.69) is 13.8 Å². The molecule has 2 N–H and O–H groups in total. The molecule has 3 rings (SSSR count). The van der Waals surface area contributed by atoms with E-state index in [-0.39, 0.29) is 28.5 Å². The van der Waals surface area contributed by atoms with Crippen LogP contribution in [-0.4, -0.2) is 40.8 Å². The minimum atomic E-state index is -0.632. The molecule has 0 spiro atoms. The summed E-state index contributed by atoms with van der Waals surface area (Å²) in [5.41, 5.74) is 8.18. The first-order chi connectivity index (χ1) is 14.4. The Morgan fingerprint density at radius 1 is 1.26 bits per heavy atom. The lowest BCUT2D eigenvalue weighted by Crippen LogP contribution is -2.46. The number of nitriles is 1. The van der Waals surface area contributed by atoms with Gasteiger partial charge in [-0.15, -0.1) is 0 Å². The lowest BCUT2D eigenvalue weighted by atomic mass is 9.78. The van der Waals surface area contributed by atoms with Crippen molar-refractivity contribution in [1.82, 2.24) is 9.47 Å². The van der Waals surface area contributed by atoms with Crippen LogP contribution in [0, 0.1) is 11.3 Å². The van der Waals surface area contributed by atoms with Gasteiger partial charge in [0.15, 0.2) is 5.69 Å². The second kappa shape index (κ2) is 7.65. The Hall–Kier alpha value is -3.47. The molecule has 0 unspecified atom stereocenters. The molecule has 0 atom stereocenters. The van der Waals surface area contributed by atoms with Crippen molar-refractivity contribution in [1.29, 1.82) is 5.26 Å². The summed E-state index contributed by atoms with van der Waals surface area (Å²) in [7, 11) is 1.26. The maximum atomic E-state index is 12.7. The van der Waals surface area contributed by atoms with Crippen molar-refractivity contribution >= 4 is 17.7 Å². The topological polar surface area (TPSA) is 111 Å². The van der Waals surface area contributed by atoms with Gasteiger partial charge in [-0.1, -0.05) is 19.9 Å². The lowest BCUT2D eigenvalue weighted by Gasteiger charge is -2.40. The number of carbonyl (C=O) groups excluding carboxylic acids is 2. The Bertz CT molecular complexity index is 1090. The SMILES string of the molecule is COC(=O)c1c(N)c(C#N)cn1-c1ccc2c(c1)CN(C(=O)OC(C)(C)C)CC2(C)C. The molecular formula is C23H28N4O4. The number of methoxy groups -OCH3 is 1. The monoisotopic (exact) mass is 424 g/mol. The molecule has 1 aliphatic heterocycles. The van der Waals surface area contributed by atoms with E-state index in [1.807, 2.05) is 45.0 Å². The summed E-state index contributed by atoms with van der Waals surface area (Å²) in [6.07, 6.45) is 1.15. The third-order valence-corrected chi connectivity index (χ3v) is 5.24. The molecule has 1 aromatic carbocycles. The Labute approximate surface area is 182 Å². The fourth-order valence-electron chi connectivity index (χ4n) is 3.92. The number of nitrogens with zero attached hydrogens (tertiary/aromatic N) is 3. The van der Waals surface area contributed by atoms with E-state index in [0.717, 1.165) is 11.1 Å². The largest absolute Gasteiger partial charge is 0.464 e. The number of amides is 1. The maximum absolute atomic E-state index is 12.7. The van der Waals surface area contributed by atoms with Crippen molar-refractivity contribution in [2.24, 2.45) is 0 Å². The predicted molar refractivity (Wildman–Crippen MR) is 116 cm³/mol. The van der Waals surface area contributed by atoms with Crippen LogP contribution in [0.1, 0.15) is 61.8 Å². The van der Waals surface area contributed by atoms with Gasteiger partial charge in [0.2, 0.25) is 0 Å². The highest BCUT2D eigenvalue weighted by molar-refractivity contribution is 5.96. The second-order valence-electron chi connectivity index (χ2n) is 9.34. The molecule has 0 saturated carbocycles. The molecule has 0 saturated heterocycles. The Kier molecular flexibility index (Phi) is 5.49. The zero-order valence-corrected chi connectivity index (χ0v) is 18.8. The fourth-order valence-corrected chi connectivity index (χ4v) is 3.92. The average molecular weight is 425 g/mol. The van der Waals surface area contributed by atoms with E-state index in [9.17, 15) is 14.9 Å². The number of esters is 1. The number of ether oxygens (including phenoxy) is 2. The number of hydrogen-bond acceptors (Lipinski definition) is 6. The highest BCUT2D eigenvalue weighted by atomic mass is 16.6. The molecule has 2 heterocycles. The first-order valence-electron chi connectivity index (χ1n) is 9.99. The van der Waals surface area contributed by atoms with Crippen LogP contribution in [0.5, 0.6) is 0 Å². The summed E-state index contributed by atoms with van der Waals surface area (Å²) < 4.78 is 12.0. The van der Waals surface area contributed by atoms with Crippen molar-refractivity contribution in [2.45, 2.75) is 52.2 Å². The smallest absolute Gasteiger partial charge is 0.410 e. The Balaban J connectivity index is 2.07. The van der Waals surface area contributed by atoms with Crippen LogP contribution in [0.25, 0.3) is 5.69 Å². The molecule has 1 amide bonds. The van der Waals surface area contributed by atoms with Gasteiger partial charge >= 0.3 is 12.1 Å². The van der Waals surface area contributed by atoms with Crippen LogP contribution in [0.15, 0.2) is 24.4 Å². The number of nitrogen functional groups attached to an aromatic ring is 1. The van der Waals surface area contributed by atoms with Gasteiger partial charge in [-0.2, -0.15) is 5.26 Å². The molecule has 8 nitrogen and oxygen atoms in total. The Morgan fingerprint density at radius 2 is 1.94 bits per heavy atom. The highest BCUT2D eigenvalue weighted by Crippen LogP contribution is 2.36. The van der Waals surface area contributed by atoms with Gasteiger partial charge < -0.3 is 24.7 Å². The van der Waals surface area contributed by atoms with Crippen LogP contribution in [-0.2, 0) is 21.4 Å². The van der Waals surface area contributed by atoms with Gasteiger partial charge in [-0.3, -0.25) is 0 Å². The maximum Gasteiger partial charge on any atom is 0.410 e. The number of benzene rings is 1. The summed E-state index contributed by atoms with van der Waals surface area (Å²) >= 11 is 0. The first-order valence-corrected chi connectivity index (χ1v) is 9.99. The summed E-state index contributed by atoms with van der Waals surface area (Å²) in [5, 5.41) is 9.35. The number of fused-ring (bicyclic) bond motifs is 1. The molecule has 1 aromatic heterocycles. The molecule has 0 radical (unpaired) electrons. The van der Waals surface area contributed by atoms with Gasteiger partial charge in [-0.25, -0.2) is 9.59 Å². The minimum Gasteiger partial charge on any atom is -0.464 e. The summed E-state index contributed by atoms with van der Waals surface area (Å²) in [6.45, 7) is 10.6. The molecule has 2 aromatic rings. The van der Waals surface area contributed by atoms with E-state index >= 15 is 0 Å². The van der Waals surface area contributed by atoms with Crippen molar-refractivity contribution in [2.75, 3.05) is 19.4 Å². The molecule has 1 aliphatic rings. The molecular weight excluding hydrogens is 396 g/mol. The second-order valence-corrected chi connectivity index (χ2v) is 9.34. The zero-order valence-electron chi connectivity index (χ0n) is 18.8. The van der Waals surface area contributed by atoms with Crippen LogP contribution >= 0.6 is 0 Å². The zero-order chi connectivity index (χ0) is 23.1. The number of aromatic nitrogens is 1. The van der Waals surface area contributed by atoms with Gasteiger partial charge in [0.25, 0.3) is 0 Å². The number of rotatable bonds is 2. The van der Waals surface area contributed by atoms with Gasteiger partial charge in [0, 0.05) is 30.4 Å². The standard InChI is InChI=1S/C23H28N4O4/c1-22(2,3)31-21(29)26-11-14-9-16(7-8-17(14)23(4,5)13-26)27-12-15(10-24)18(25)19(27)20(28)30-6/h7-9,12H,11,13,25H2,1-6H3. The average Bonchev–Trinajstić information content (AvgIpc) is 3.01. The van der Waals surface area contributed by atoms with E-state index in [0.29, 0.717) is 18.8 Å². The van der Waals surface area contributed by atoms with Crippen LogP contribution in [0.2, 0.25) is 0 Å². The minimum absolute atomic E-state index is 0.0720. The van der Waals surface area contributed by atoms with Gasteiger partial charge in [0.05, 0.1) is 18.4 Å². The normalized spacial score (nSPS) is 15.1. The van der Waals surface area contributed by atoms with Crippen molar-refractivity contribution in [3.05, 3.63) is 46.8 Å². The van der Waals surface area contributed by atoms with E-state index < -0.39 is 11.6 Å². The molecule has 164 valence electrons. The quantitative estimate of drug-likeness (QED) is 0.735. The van der Waals surface area contributed by atoms with E-state index in [1.54, 1.807) is 9.47 Å². The van der Waals surface area contributed by atoms with Gasteiger partial charge in [0.1, 0.15) is 11.7 Å². The lowest BCUT2D eigenvalue weighted by molar-refractivity contribution is 0.0174.